The summed E-state index contributed by atoms with van der Waals surface area (Å²) in [5, 5.41) is 14.4. The molecule has 2 rings (SSSR count). The molecule has 0 unspecified atom stereocenters. The Labute approximate surface area is 110 Å². The minimum Gasteiger partial charge on any atom is -0.506 e. The molecule has 0 bridgehead atoms. The van der Waals surface area contributed by atoms with E-state index in [0.717, 1.165) is 24.1 Å². The van der Waals surface area contributed by atoms with Crippen LogP contribution in [0.4, 0.5) is 0 Å². The first kappa shape index (κ1) is 12.3. The van der Waals surface area contributed by atoms with Crippen molar-refractivity contribution in [1.29, 1.82) is 0 Å². The molecule has 0 aliphatic heterocycles. The molecular weight excluding hydrogens is 259 g/mol. The number of hydrogen-bond donors (Lipinski definition) is 1. The van der Waals surface area contributed by atoms with Gasteiger partial charge in [-0.3, -0.25) is 4.68 Å². The lowest BCUT2D eigenvalue weighted by Gasteiger charge is -2.04. The summed E-state index contributed by atoms with van der Waals surface area (Å²) in [5.74, 6) is -0.0126. The topological polar surface area (TPSA) is 38.0 Å². The number of nitrogens with zero attached hydrogens (tertiary/aromatic N) is 2. The molecule has 0 saturated carbocycles. The molecule has 17 heavy (non-hydrogen) atoms. The van der Waals surface area contributed by atoms with E-state index >= 15 is 0 Å². The van der Waals surface area contributed by atoms with Crippen LogP contribution >= 0.6 is 23.2 Å². The third-order valence-electron chi connectivity index (χ3n) is 2.43. The molecule has 90 valence electrons. The maximum absolute atomic E-state index is 9.42. The van der Waals surface area contributed by atoms with E-state index in [1.54, 1.807) is 12.3 Å². The Morgan fingerprint density at radius 2 is 2.06 bits per heavy atom. The number of aryl methyl sites for hydroxylation is 1. The minimum atomic E-state index is -0.0126. The Balaban J connectivity index is 2.41. The summed E-state index contributed by atoms with van der Waals surface area (Å²) in [6, 6.07) is 3.09. The molecule has 0 aliphatic carbocycles. The SMILES string of the molecule is CCCn1cc(-c2cc(Cl)c(O)cc2Cl)cn1. The Morgan fingerprint density at radius 1 is 1.29 bits per heavy atom. The van der Waals surface area contributed by atoms with Crippen molar-refractivity contribution in [3.8, 4) is 16.9 Å². The molecule has 5 heteroatoms. The molecule has 0 atom stereocenters. The van der Waals surface area contributed by atoms with Crippen molar-refractivity contribution in [3.63, 3.8) is 0 Å². The van der Waals surface area contributed by atoms with Crippen LogP contribution in [0.25, 0.3) is 11.1 Å². The average molecular weight is 271 g/mol. The van der Waals surface area contributed by atoms with Crippen LogP contribution in [-0.2, 0) is 6.54 Å². The molecule has 1 aromatic heterocycles. The highest BCUT2D eigenvalue weighted by atomic mass is 35.5. The normalized spacial score (nSPS) is 10.8. The third kappa shape index (κ3) is 2.56. The highest BCUT2D eigenvalue weighted by molar-refractivity contribution is 6.36. The molecule has 1 aromatic carbocycles. The second-order valence-electron chi connectivity index (χ2n) is 3.78. The van der Waals surface area contributed by atoms with Crippen LogP contribution in [0, 0.1) is 0 Å². The van der Waals surface area contributed by atoms with Gasteiger partial charge in [0.15, 0.2) is 0 Å². The van der Waals surface area contributed by atoms with E-state index < -0.39 is 0 Å². The lowest BCUT2D eigenvalue weighted by Crippen LogP contribution is -1.95. The monoisotopic (exact) mass is 270 g/mol. The second kappa shape index (κ2) is 4.98. The maximum atomic E-state index is 9.42. The van der Waals surface area contributed by atoms with Gasteiger partial charge in [-0.25, -0.2) is 0 Å². The van der Waals surface area contributed by atoms with Crippen molar-refractivity contribution < 1.29 is 5.11 Å². The van der Waals surface area contributed by atoms with Crippen LogP contribution in [-0.4, -0.2) is 14.9 Å². The average Bonchev–Trinajstić information content (AvgIpc) is 2.72. The van der Waals surface area contributed by atoms with Crippen LogP contribution in [0.15, 0.2) is 24.5 Å². The minimum absolute atomic E-state index is 0.0126. The van der Waals surface area contributed by atoms with E-state index in [9.17, 15) is 5.11 Å². The predicted octanol–water partition coefficient (Wildman–Crippen LogP) is 3.97. The van der Waals surface area contributed by atoms with Gasteiger partial charge in [0.2, 0.25) is 0 Å². The first-order valence-corrected chi connectivity index (χ1v) is 6.08. The molecule has 0 amide bonds. The second-order valence-corrected chi connectivity index (χ2v) is 4.59. The van der Waals surface area contributed by atoms with Gasteiger partial charge in [-0.2, -0.15) is 5.10 Å². The van der Waals surface area contributed by atoms with Crippen LogP contribution in [0.1, 0.15) is 13.3 Å². The fraction of sp³-hybridized carbons (Fsp3) is 0.250. The molecular formula is C12H12Cl2N2O. The Kier molecular flexibility index (Phi) is 3.60. The van der Waals surface area contributed by atoms with Gasteiger partial charge in [-0.05, 0) is 12.5 Å². The van der Waals surface area contributed by atoms with E-state index in [1.165, 1.54) is 6.07 Å². The summed E-state index contributed by atoms with van der Waals surface area (Å²) in [6.45, 7) is 2.95. The van der Waals surface area contributed by atoms with E-state index in [-0.39, 0.29) is 10.8 Å². The predicted molar refractivity (Wildman–Crippen MR) is 69.6 cm³/mol. The van der Waals surface area contributed by atoms with Crippen LogP contribution in [0.5, 0.6) is 5.75 Å². The number of phenols is 1. The third-order valence-corrected chi connectivity index (χ3v) is 3.05. The van der Waals surface area contributed by atoms with E-state index in [0.29, 0.717) is 5.02 Å². The smallest absolute Gasteiger partial charge is 0.135 e. The number of phenolic OH excluding ortho intramolecular Hbond substituents is 1. The number of benzene rings is 1. The molecule has 3 nitrogen and oxygen atoms in total. The standard InChI is InChI=1S/C12H12Cl2N2O/c1-2-3-16-7-8(6-15-16)9-4-11(14)12(17)5-10(9)13/h4-7,17H,2-3H2,1H3. The Morgan fingerprint density at radius 3 is 2.76 bits per heavy atom. The van der Waals surface area contributed by atoms with E-state index in [2.05, 4.69) is 12.0 Å². The van der Waals surface area contributed by atoms with Gasteiger partial charge in [-0.15, -0.1) is 0 Å². The van der Waals surface area contributed by atoms with Crippen molar-refractivity contribution in [2.24, 2.45) is 0 Å². The van der Waals surface area contributed by atoms with Gasteiger partial charge >= 0.3 is 0 Å². The van der Waals surface area contributed by atoms with Crippen LogP contribution < -0.4 is 0 Å². The number of rotatable bonds is 3. The largest absolute Gasteiger partial charge is 0.506 e. The molecule has 0 aliphatic rings. The summed E-state index contributed by atoms with van der Waals surface area (Å²) < 4.78 is 1.85. The van der Waals surface area contributed by atoms with Crippen molar-refractivity contribution in [2.45, 2.75) is 19.9 Å². The quantitative estimate of drug-likeness (QED) is 0.917. The zero-order valence-corrected chi connectivity index (χ0v) is 10.8. The number of aromatic nitrogens is 2. The summed E-state index contributed by atoms with van der Waals surface area (Å²) in [6.07, 6.45) is 4.67. The van der Waals surface area contributed by atoms with Crippen molar-refractivity contribution >= 4 is 23.2 Å². The van der Waals surface area contributed by atoms with Gasteiger partial charge in [0.25, 0.3) is 0 Å². The molecule has 0 radical (unpaired) electrons. The summed E-state index contributed by atoms with van der Waals surface area (Å²) in [5.41, 5.74) is 1.67. The Hall–Kier alpha value is -1.19. The first-order valence-electron chi connectivity index (χ1n) is 5.32. The Bertz CT molecular complexity index is 537. The number of hydrogen-bond acceptors (Lipinski definition) is 2. The summed E-state index contributed by atoms with van der Waals surface area (Å²) in [7, 11) is 0. The lowest BCUT2D eigenvalue weighted by molar-refractivity contribution is 0.475. The van der Waals surface area contributed by atoms with Crippen molar-refractivity contribution in [2.75, 3.05) is 0 Å². The highest BCUT2D eigenvalue weighted by Gasteiger charge is 2.10. The van der Waals surface area contributed by atoms with Crippen LogP contribution in [0.2, 0.25) is 10.0 Å². The van der Waals surface area contributed by atoms with Gasteiger partial charge in [0, 0.05) is 29.9 Å². The van der Waals surface area contributed by atoms with Gasteiger partial charge < -0.3 is 5.11 Å². The first-order chi connectivity index (χ1) is 8.11. The summed E-state index contributed by atoms with van der Waals surface area (Å²) >= 11 is 11.9. The molecule has 0 fully saturated rings. The zero-order chi connectivity index (χ0) is 12.4. The molecule has 0 spiro atoms. The van der Waals surface area contributed by atoms with Crippen LogP contribution in [0.3, 0.4) is 0 Å². The molecule has 0 saturated heterocycles. The molecule has 1 N–H and O–H groups in total. The lowest BCUT2D eigenvalue weighted by atomic mass is 10.1. The molecule has 1 heterocycles. The number of aromatic hydroxyl groups is 1. The number of halogens is 2. The van der Waals surface area contributed by atoms with E-state index in [4.69, 9.17) is 23.2 Å². The summed E-state index contributed by atoms with van der Waals surface area (Å²) in [4.78, 5) is 0. The zero-order valence-electron chi connectivity index (χ0n) is 9.32. The van der Waals surface area contributed by atoms with Gasteiger partial charge in [0.05, 0.1) is 16.2 Å². The maximum Gasteiger partial charge on any atom is 0.135 e. The van der Waals surface area contributed by atoms with Crippen molar-refractivity contribution in [3.05, 3.63) is 34.6 Å². The fourth-order valence-corrected chi connectivity index (χ4v) is 2.04. The fourth-order valence-electron chi connectivity index (χ4n) is 1.61. The van der Waals surface area contributed by atoms with E-state index in [1.807, 2.05) is 10.9 Å². The highest BCUT2D eigenvalue weighted by Crippen LogP contribution is 2.35. The molecule has 2 aromatic rings. The van der Waals surface area contributed by atoms with Crippen molar-refractivity contribution in [1.82, 2.24) is 9.78 Å². The van der Waals surface area contributed by atoms with Gasteiger partial charge in [-0.1, -0.05) is 30.1 Å². The van der Waals surface area contributed by atoms with Gasteiger partial charge in [0.1, 0.15) is 5.75 Å².